The third-order valence-corrected chi connectivity index (χ3v) is 5.37. The molecule has 4 rings (SSSR count). The number of aryl methyl sites for hydroxylation is 1. The van der Waals surface area contributed by atoms with Gasteiger partial charge in [-0.1, -0.05) is 0 Å². The van der Waals surface area contributed by atoms with Gasteiger partial charge in [-0.15, -0.1) is 0 Å². The van der Waals surface area contributed by atoms with Crippen LogP contribution in [0.4, 0.5) is 18.0 Å². The summed E-state index contributed by atoms with van der Waals surface area (Å²) in [4.78, 5) is 18.2. The Morgan fingerprint density at radius 3 is 2.52 bits per heavy atom. The van der Waals surface area contributed by atoms with Crippen molar-refractivity contribution in [3.63, 3.8) is 0 Å². The number of pyridine rings is 1. The molecule has 1 aliphatic heterocycles. The maximum Gasteiger partial charge on any atom is 0.416 e. The number of amides is 1. The molecule has 3 aromatic rings. The Balaban J connectivity index is 1.49. The van der Waals surface area contributed by atoms with Crippen molar-refractivity contribution in [3.8, 4) is 17.0 Å². The van der Waals surface area contributed by atoms with Crippen molar-refractivity contribution in [2.24, 2.45) is 5.92 Å². The molecule has 1 aromatic carbocycles. The molecule has 33 heavy (non-hydrogen) atoms. The van der Waals surface area contributed by atoms with E-state index in [9.17, 15) is 23.1 Å². The van der Waals surface area contributed by atoms with Gasteiger partial charge in [-0.05, 0) is 57.5 Å². The van der Waals surface area contributed by atoms with Crippen molar-refractivity contribution in [2.45, 2.75) is 46.0 Å². The molecule has 176 valence electrons. The predicted molar refractivity (Wildman–Crippen MR) is 116 cm³/mol. The number of fused-ring (bicyclic) bond motifs is 1. The number of phenols is 1. The van der Waals surface area contributed by atoms with Crippen LogP contribution in [0.2, 0.25) is 0 Å². The van der Waals surface area contributed by atoms with Gasteiger partial charge in [0.2, 0.25) is 0 Å². The molecular formula is C23H25F3N4O3. The molecule has 7 nitrogen and oxygen atoms in total. The first-order valence-corrected chi connectivity index (χ1v) is 10.5. The topological polar surface area (TPSA) is 80.5 Å². The zero-order valence-corrected chi connectivity index (χ0v) is 18.8. The molecule has 0 atom stereocenters. The van der Waals surface area contributed by atoms with Gasteiger partial charge in [0, 0.05) is 42.7 Å². The molecule has 3 heterocycles. The molecule has 0 saturated carbocycles. The highest BCUT2D eigenvalue weighted by molar-refractivity contribution is 5.80. The maximum atomic E-state index is 13.0. The zero-order valence-electron chi connectivity index (χ0n) is 18.8. The molecule has 0 radical (unpaired) electrons. The molecule has 1 saturated heterocycles. The molecule has 1 N–H and O–H groups in total. The second kappa shape index (κ2) is 7.93. The van der Waals surface area contributed by atoms with Crippen molar-refractivity contribution in [1.29, 1.82) is 0 Å². The third kappa shape index (κ3) is 4.89. The number of phenolic OH excluding ortho intramolecular Hbond substituents is 1. The number of likely N-dealkylation sites (tertiary alicyclic amines) is 1. The number of ether oxygens (including phenoxy) is 1. The SMILES string of the molecule is Cc1cc(C(F)(F)F)cc(O)c1-c1ccc2cn(CC3CN(C(=O)OC(C)(C)C)C3)nc2n1. The van der Waals surface area contributed by atoms with E-state index >= 15 is 0 Å². The monoisotopic (exact) mass is 462 g/mol. The lowest BCUT2D eigenvalue weighted by Gasteiger charge is -2.39. The van der Waals surface area contributed by atoms with Crippen molar-refractivity contribution in [1.82, 2.24) is 19.7 Å². The van der Waals surface area contributed by atoms with Crippen LogP contribution >= 0.6 is 0 Å². The lowest BCUT2D eigenvalue weighted by Crippen LogP contribution is -2.52. The maximum absolute atomic E-state index is 13.0. The first-order chi connectivity index (χ1) is 15.3. The Labute approximate surface area is 188 Å². The van der Waals surface area contributed by atoms with Crippen molar-refractivity contribution < 1.29 is 27.8 Å². The van der Waals surface area contributed by atoms with Crippen LogP contribution in [0.5, 0.6) is 5.75 Å². The van der Waals surface area contributed by atoms with Gasteiger partial charge in [0.15, 0.2) is 5.65 Å². The van der Waals surface area contributed by atoms with Gasteiger partial charge >= 0.3 is 12.3 Å². The molecule has 1 amide bonds. The minimum atomic E-state index is -4.54. The number of rotatable bonds is 3. The smallest absolute Gasteiger partial charge is 0.416 e. The number of halogens is 3. The molecule has 1 fully saturated rings. The van der Waals surface area contributed by atoms with E-state index < -0.39 is 23.1 Å². The van der Waals surface area contributed by atoms with E-state index in [0.717, 1.165) is 11.5 Å². The van der Waals surface area contributed by atoms with Crippen molar-refractivity contribution in [3.05, 3.63) is 41.6 Å². The van der Waals surface area contributed by atoms with Crippen LogP contribution in [0, 0.1) is 12.8 Å². The fourth-order valence-corrected chi connectivity index (χ4v) is 3.87. The Morgan fingerprint density at radius 1 is 1.21 bits per heavy atom. The zero-order chi connectivity index (χ0) is 24.1. The van der Waals surface area contributed by atoms with Gasteiger partial charge in [0.25, 0.3) is 0 Å². The molecule has 0 bridgehead atoms. The molecule has 0 unspecified atom stereocenters. The largest absolute Gasteiger partial charge is 0.507 e. The standard InChI is InChI=1S/C23H25F3N4O3/c1-13-7-16(23(24,25)26)8-18(31)19(13)17-6-5-15-12-30(28-20(15)27-17)11-14-9-29(10-14)21(32)33-22(2,3)4/h5-8,12,14,31H,9-11H2,1-4H3. The molecule has 2 aromatic heterocycles. The number of alkyl halides is 3. The van der Waals surface area contributed by atoms with Gasteiger partial charge < -0.3 is 14.7 Å². The highest BCUT2D eigenvalue weighted by Crippen LogP contribution is 2.38. The molecule has 0 aliphatic carbocycles. The summed E-state index contributed by atoms with van der Waals surface area (Å²) in [7, 11) is 0. The number of hydrogen-bond acceptors (Lipinski definition) is 5. The summed E-state index contributed by atoms with van der Waals surface area (Å²) < 4.78 is 46.1. The number of nitrogens with zero attached hydrogens (tertiary/aromatic N) is 4. The fourth-order valence-electron chi connectivity index (χ4n) is 3.87. The van der Waals surface area contributed by atoms with Crippen molar-refractivity contribution in [2.75, 3.05) is 13.1 Å². The number of hydrogen-bond donors (Lipinski definition) is 1. The second-order valence-corrected chi connectivity index (χ2v) is 9.40. The van der Waals surface area contributed by atoms with Crippen LogP contribution < -0.4 is 0 Å². The van der Waals surface area contributed by atoms with Gasteiger partial charge in [0.05, 0.1) is 11.3 Å². The second-order valence-electron chi connectivity index (χ2n) is 9.40. The lowest BCUT2D eigenvalue weighted by molar-refractivity contribution is -0.137. The predicted octanol–water partition coefficient (Wildman–Crippen LogP) is 5.00. The summed E-state index contributed by atoms with van der Waals surface area (Å²) in [5, 5.41) is 15.5. The summed E-state index contributed by atoms with van der Waals surface area (Å²) >= 11 is 0. The van der Waals surface area contributed by atoms with E-state index in [1.807, 2.05) is 27.0 Å². The highest BCUT2D eigenvalue weighted by atomic mass is 19.4. The summed E-state index contributed by atoms with van der Waals surface area (Å²) in [5.41, 5.74) is -0.166. The third-order valence-electron chi connectivity index (χ3n) is 5.37. The number of carbonyl (C=O) groups is 1. The van der Waals surface area contributed by atoms with E-state index in [2.05, 4.69) is 10.1 Å². The van der Waals surface area contributed by atoms with E-state index in [4.69, 9.17) is 4.74 Å². The number of benzene rings is 1. The van der Waals surface area contributed by atoms with E-state index in [1.165, 1.54) is 6.92 Å². The number of carbonyl (C=O) groups excluding carboxylic acids is 1. The lowest BCUT2D eigenvalue weighted by atomic mass is 10.00. The van der Waals surface area contributed by atoms with Crippen LogP contribution in [0.3, 0.4) is 0 Å². The molecule has 10 heteroatoms. The molecule has 1 aliphatic rings. The van der Waals surface area contributed by atoms with E-state index in [-0.39, 0.29) is 23.1 Å². The summed E-state index contributed by atoms with van der Waals surface area (Å²) in [6.45, 7) is 8.71. The fraction of sp³-hybridized carbons (Fsp3) is 0.435. The Kier molecular flexibility index (Phi) is 5.50. The number of aromatic hydroxyl groups is 1. The van der Waals surface area contributed by atoms with E-state index in [0.29, 0.717) is 37.0 Å². The molecular weight excluding hydrogens is 437 g/mol. The van der Waals surface area contributed by atoms with Crippen LogP contribution in [-0.2, 0) is 17.5 Å². The summed E-state index contributed by atoms with van der Waals surface area (Å²) in [6.07, 6.45) is -3.04. The van der Waals surface area contributed by atoms with Gasteiger partial charge in [-0.25, -0.2) is 9.78 Å². The number of aromatic nitrogens is 3. The highest BCUT2D eigenvalue weighted by Gasteiger charge is 2.34. The Hall–Kier alpha value is -3.30. The van der Waals surface area contributed by atoms with Gasteiger partial charge in [0.1, 0.15) is 11.4 Å². The first-order valence-electron chi connectivity index (χ1n) is 10.5. The van der Waals surface area contributed by atoms with Crippen molar-refractivity contribution >= 4 is 17.1 Å². The Morgan fingerprint density at radius 2 is 1.91 bits per heavy atom. The normalized spacial score (nSPS) is 15.1. The van der Waals surface area contributed by atoms with E-state index in [1.54, 1.807) is 21.7 Å². The minimum absolute atomic E-state index is 0.229. The quantitative estimate of drug-likeness (QED) is 0.593. The van der Waals surface area contributed by atoms with Crippen LogP contribution in [0.1, 0.15) is 31.9 Å². The van der Waals surface area contributed by atoms with Gasteiger partial charge in [-0.2, -0.15) is 18.3 Å². The molecule has 0 spiro atoms. The van der Waals surface area contributed by atoms with Gasteiger partial charge in [-0.3, -0.25) is 4.68 Å². The summed E-state index contributed by atoms with van der Waals surface area (Å²) in [5.74, 6) is -0.252. The van der Waals surface area contributed by atoms with Crippen LogP contribution in [0.15, 0.2) is 30.5 Å². The summed E-state index contributed by atoms with van der Waals surface area (Å²) in [6, 6.07) is 5.12. The average Bonchev–Trinajstić information content (AvgIpc) is 3.03. The Bertz CT molecular complexity index is 1180. The van der Waals surface area contributed by atoms with Crippen LogP contribution in [-0.4, -0.2) is 49.6 Å². The average molecular weight is 462 g/mol. The first kappa shape index (κ1) is 22.9. The van der Waals surface area contributed by atoms with Crippen LogP contribution in [0.25, 0.3) is 22.3 Å². The minimum Gasteiger partial charge on any atom is -0.507 e.